The molecule has 5 rings (SSSR count). The van der Waals surface area contributed by atoms with Gasteiger partial charge >= 0.3 is 0 Å². The number of aromatic nitrogens is 2. The van der Waals surface area contributed by atoms with Gasteiger partial charge in [0.15, 0.2) is 6.23 Å². The minimum Gasteiger partial charge on any atom is -0.373 e. The molecule has 166 valence electrons. The molecule has 2 fully saturated rings. The van der Waals surface area contributed by atoms with Gasteiger partial charge in [-0.3, -0.25) is 4.79 Å². The molecule has 6 heteroatoms. The molecule has 1 saturated carbocycles. The van der Waals surface area contributed by atoms with Crippen LogP contribution in [0.4, 0.5) is 5.69 Å². The lowest BCUT2D eigenvalue weighted by Gasteiger charge is -2.26. The van der Waals surface area contributed by atoms with Crippen molar-refractivity contribution in [2.45, 2.75) is 57.5 Å². The zero-order chi connectivity index (χ0) is 21.8. The fourth-order valence-corrected chi connectivity index (χ4v) is 4.16. The number of carbonyl (C=O) groups excluding carboxylic acids is 1. The highest BCUT2D eigenvalue weighted by atomic mass is 16.5. The number of nitrogens with one attached hydrogen (secondary N) is 1. The monoisotopic (exact) mass is 431 g/mol. The topological polar surface area (TPSA) is 65.4 Å². The van der Waals surface area contributed by atoms with Gasteiger partial charge in [0, 0.05) is 29.3 Å². The molecule has 1 aliphatic heterocycles. The van der Waals surface area contributed by atoms with Crippen molar-refractivity contribution in [2.75, 3.05) is 11.9 Å². The molecule has 1 aromatic heterocycles. The summed E-state index contributed by atoms with van der Waals surface area (Å²) in [4.78, 5) is 12.6. The highest BCUT2D eigenvalue weighted by Gasteiger charge is 2.19. The molecule has 2 aromatic carbocycles. The molecular weight excluding hydrogens is 402 g/mol. The predicted octanol–water partition coefficient (Wildman–Crippen LogP) is 5.46. The zero-order valence-corrected chi connectivity index (χ0v) is 18.2. The average molecular weight is 432 g/mol. The Balaban J connectivity index is 1.26. The first-order valence-electron chi connectivity index (χ1n) is 11.5. The van der Waals surface area contributed by atoms with Crippen LogP contribution in [0.25, 0.3) is 17.0 Å². The number of para-hydroxylation sites is 1. The molecule has 1 atom stereocenters. The second-order valence-electron chi connectivity index (χ2n) is 8.57. The predicted molar refractivity (Wildman–Crippen MR) is 125 cm³/mol. The van der Waals surface area contributed by atoms with Crippen LogP contribution in [0.2, 0.25) is 0 Å². The quantitative estimate of drug-likeness (QED) is 0.505. The van der Waals surface area contributed by atoms with E-state index in [0.29, 0.717) is 12.7 Å². The Morgan fingerprint density at radius 3 is 2.88 bits per heavy atom. The number of fused-ring (bicyclic) bond motifs is 1. The molecule has 0 radical (unpaired) electrons. The number of hydrogen-bond acceptors (Lipinski definition) is 4. The number of rotatable bonds is 7. The summed E-state index contributed by atoms with van der Waals surface area (Å²) in [7, 11) is 0. The van der Waals surface area contributed by atoms with Crippen LogP contribution in [0, 0.1) is 0 Å². The average Bonchev–Trinajstić information content (AvgIpc) is 3.22. The second-order valence-corrected chi connectivity index (χ2v) is 8.57. The van der Waals surface area contributed by atoms with Crippen molar-refractivity contribution in [3.8, 4) is 0 Å². The normalized spacial score (nSPS) is 19.3. The Morgan fingerprint density at radius 1 is 1.16 bits per heavy atom. The summed E-state index contributed by atoms with van der Waals surface area (Å²) in [6, 6.07) is 13.9. The van der Waals surface area contributed by atoms with Crippen molar-refractivity contribution in [2.24, 2.45) is 0 Å². The number of nitrogens with zero attached hydrogens (tertiary/aromatic N) is 2. The molecule has 1 aliphatic carbocycles. The van der Waals surface area contributed by atoms with Gasteiger partial charge in [-0.15, -0.1) is 0 Å². The first-order chi connectivity index (χ1) is 15.8. The van der Waals surface area contributed by atoms with E-state index in [9.17, 15) is 4.79 Å². The van der Waals surface area contributed by atoms with Gasteiger partial charge in [-0.25, -0.2) is 4.68 Å². The van der Waals surface area contributed by atoms with Gasteiger partial charge in [0.1, 0.15) is 0 Å². The van der Waals surface area contributed by atoms with Crippen molar-refractivity contribution in [1.82, 2.24) is 9.78 Å². The van der Waals surface area contributed by atoms with Crippen LogP contribution in [0.3, 0.4) is 0 Å². The first kappa shape index (κ1) is 20.9. The maximum Gasteiger partial charge on any atom is 0.248 e. The number of amides is 1. The molecule has 1 saturated heterocycles. The smallest absolute Gasteiger partial charge is 0.248 e. The van der Waals surface area contributed by atoms with E-state index in [1.54, 1.807) is 6.08 Å². The van der Waals surface area contributed by atoms with E-state index in [-0.39, 0.29) is 12.1 Å². The molecule has 0 spiro atoms. The van der Waals surface area contributed by atoms with E-state index in [1.807, 2.05) is 53.4 Å². The fourth-order valence-electron chi connectivity index (χ4n) is 4.16. The number of benzene rings is 2. The second kappa shape index (κ2) is 9.67. The largest absolute Gasteiger partial charge is 0.373 e. The lowest BCUT2D eigenvalue weighted by atomic mass is 9.96. The number of hydrogen-bond donors (Lipinski definition) is 1. The number of ether oxygens (including phenoxy) is 2. The maximum atomic E-state index is 12.6. The Labute approximate surface area is 188 Å². The standard InChI is InChI=1S/C26H29N3O3/c30-25(28-23-9-2-1-6-21(23)18-32-22-7-5-8-22)14-12-19-11-13-20-17-27-29(24(20)16-19)26-10-3-4-15-31-26/h1-2,6,9,11-14,16-17,22,26H,3-5,7-8,10,15,18H2,(H,28,30). The van der Waals surface area contributed by atoms with Gasteiger partial charge in [-0.2, -0.15) is 5.10 Å². The van der Waals surface area contributed by atoms with Crippen molar-refractivity contribution in [3.63, 3.8) is 0 Å². The van der Waals surface area contributed by atoms with E-state index in [2.05, 4.69) is 16.5 Å². The third kappa shape index (κ3) is 4.76. The highest BCUT2D eigenvalue weighted by molar-refractivity contribution is 6.02. The van der Waals surface area contributed by atoms with Crippen LogP contribution in [0.5, 0.6) is 0 Å². The number of carbonyl (C=O) groups is 1. The molecule has 2 aliphatic rings. The molecular formula is C26H29N3O3. The summed E-state index contributed by atoms with van der Waals surface area (Å²) >= 11 is 0. The van der Waals surface area contributed by atoms with Gasteiger partial charge in [-0.05, 0) is 62.3 Å². The minimum atomic E-state index is -0.162. The summed E-state index contributed by atoms with van der Waals surface area (Å²) in [5.74, 6) is -0.162. The molecule has 1 unspecified atom stereocenters. The molecule has 2 heterocycles. The molecule has 6 nitrogen and oxygen atoms in total. The van der Waals surface area contributed by atoms with E-state index < -0.39 is 0 Å². The summed E-state index contributed by atoms with van der Waals surface area (Å²) in [6.45, 7) is 1.30. The lowest BCUT2D eigenvalue weighted by molar-refractivity contribution is -0.111. The first-order valence-corrected chi connectivity index (χ1v) is 11.5. The van der Waals surface area contributed by atoms with E-state index in [4.69, 9.17) is 9.47 Å². The Hall–Kier alpha value is -2.96. The third-order valence-corrected chi connectivity index (χ3v) is 6.28. The van der Waals surface area contributed by atoms with E-state index in [1.165, 1.54) is 6.42 Å². The van der Waals surface area contributed by atoms with Crippen LogP contribution in [0.15, 0.2) is 54.7 Å². The van der Waals surface area contributed by atoms with Gasteiger partial charge in [-0.1, -0.05) is 30.3 Å². The van der Waals surface area contributed by atoms with Gasteiger partial charge in [0.25, 0.3) is 0 Å². The zero-order valence-electron chi connectivity index (χ0n) is 18.2. The summed E-state index contributed by atoms with van der Waals surface area (Å²) in [5, 5.41) is 8.60. The molecule has 32 heavy (non-hydrogen) atoms. The van der Waals surface area contributed by atoms with Gasteiger partial charge < -0.3 is 14.8 Å². The molecule has 0 bridgehead atoms. The van der Waals surface area contributed by atoms with E-state index >= 15 is 0 Å². The van der Waals surface area contributed by atoms with E-state index in [0.717, 1.165) is 66.4 Å². The van der Waals surface area contributed by atoms with Crippen LogP contribution in [-0.2, 0) is 20.9 Å². The molecule has 1 amide bonds. The van der Waals surface area contributed by atoms with Crippen LogP contribution >= 0.6 is 0 Å². The Kier molecular flexibility index (Phi) is 6.32. The SMILES string of the molecule is O=C(C=Cc1ccc2cnn(C3CCCCO3)c2c1)Nc1ccccc1COC1CCC1. The summed E-state index contributed by atoms with van der Waals surface area (Å²) in [5.41, 5.74) is 3.77. The summed E-state index contributed by atoms with van der Waals surface area (Å²) < 4.78 is 13.8. The highest BCUT2D eigenvalue weighted by Crippen LogP contribution is 2.27. The van der Waals surface area contributed by atoms with Crippen molar-refractivity contribution < 1.29 is 14.3 Å². The van der Waals surface area contributed by atoms with Crippen molar-refractivity contribution in [3.05, 3.63) is 65.9 Å². The van der Waals surface area contributed by atoms with Gasteiger partial charge in [0.2, 0.25) is 5.91 Å². The Morgan fingerprint density at radius 2 is 2.06 bits per heavy atom. The van der Waals surface area contributed by atoms with Crippen LogP contribution < -0.4 is 5.32 Å². The van der Waals surface area contributed by atoms with Crippen LogP contribution in [0.1, 0.15) is 55.9 Å². The number of anilines is 1. The summed E-state index contributed by atoms with van der Waals surface area (Å²) in [6.07, 6.45) is 12.4. The van der Waals surface area contributed by atoms with Crippen molar-refractivity contribution in [1.29, 1.82) is 0 Å². The van der Waals surface area contributed by atoms with Gasteiger partial charge in [0.05, 0.1) is 24.4 Å². The molecule has 1 N–H and O–H groups in total. The fraction of sp³-hybridized carbons (Fsp3) is 0.385. The maximum absolute atomic E-state index is 12.6. The van der Waals surface area contributed by atoms with Crippen LogP contribution in [-0.4, -0.2) is 28.4 Å². The van der Waals surface area contributed by atoms with Crippen molar-refractivity contribution >= 4 is 28.6 Å². The molecule has 3 aromatic rings. The third-order valence-electron chi connectivity index (χ3n) is 6.28. The minimum absolute atomic E-state index is 0.0116. The lowest BCUT2D eigenvalue weighted by Crippen LogP contribution is -2.21. The Bertz CT molecular complexity index is 1110.